The fraction of sp³-hybridized carbons (Fsp3) is 0.500. The van der Waals surface area contributed by atoms with Crippen molar-refractivity contribution in [1.29, 1.82) is 0 Å². The molecule has 0 aliphatic heterocycles. The van der Waals surface area contributed by atoms with Gasteiger partial charge in [0.1, 0.15) is 5.82 Å². The minimum atomic E-state index is -0.139. The van der Waals surface area contributed by atoms with Crippen molar-refractivity contribution in [2.45, 2.75) is 31.6 Å². The number of benzene rings is 1. The fourth-order valence-corrected chi connectivity index (χ4v) is 2.08. The van der Waals surface area contributed by atoms with Crippen molar-refractivity contribution in [3.8, 4) is 0 Å². The lowest BCUT2D eigenvalue weighted by atomic mass is 10.1. The van der Waals surface area contributed by atoms with Crippen LogP contribution >= 0.6 is 15.9 Å². The molecule has 3 heteroatoms. The third-order valence-corrected chi connectivity index (χ3v) is 3.42. The molecule has 0 aliphatic rings. The molecule has 0 N–H and O–H groups in total. The van der Waals surface area contributed by atoms with E-state index in [1.807, 2.05) is 13.1 Å². The number of hydrogen-bond donors (Lipinski definition) is 0. The van der Waals surface area contributed by atoms with E-state index in [1.165, 1.54) is 6.07 Å². The van der Waals surface area contributed by atoms with Crippen molar-refractivity contribution in [2.24, 2.45) is 0 Å². The number of rotatable bonds is 4. The lowest BCUT2D eigenvalue weighted by molar-refractivity contribution is 0.611. The van der Waals surface area contributed by atoms with Crippen molar-refractivity contribution in [3.63, 3.8) is 0 Å². The smallest absolute Gasteiger partial charge is 0.129 e. The number of anilines is 1. The SMILES string of the molecule is CCC(C)N(C)c1cccc(F)c1CBr. The zero-order valence-corrected chi connectivity index (χ0v) is 11.0. The summed E-state index contributed by atoms with van der Waals surface area (Å²) in [4.78, 5) is 2.12. The molecule has 1 aromatic rings. The van der Waals surface area contributed by atoms with Crippen LogP contribution in [0.3, 0.4) is 0 Å². The van der Waals surface area contributed by atoms with E-state index in [0.29, 0.717) is 11.4 Å². The molecule has 1 nitrogen and oxygen atoms in total. The average molecular weight is 274 g/mol. The Kier molecular flexibility index (Phi) is 4.58. The molecule has 1 unspecified atom stereocenters. The number of halogens is 2. The van der Waals surface area contributed by atoms with Gasteiger partial charge >= 0.3 is 0 Å². The molecule has 0 spiro atoms. The van der Waals surface area contributed by atoms with E-state index in [2.05, 4.69) is 34.7 Å². The lowest BCUT2D eigenvalue weighted by Gasteiger charge is -2.28. The van der Waals surface area contributed by atoms with Crippen LogP contribution in [-0.4, -0.2) is 13.1 Å². The Morgan fingerprint density at radius 3 is 2.67 bits per heavy atom. The van der Waals surface area contributed by atoms with Gasteiger partial charge in [-0.25, -0.2) is 4.39 Å². The van der Waals surface area contributed by atoms with Crippen molar-refractivity contribution in [3.05, 3.63) is 29.6 Å². The Morgan fingerprint density at radius 1 is 1.47 bits per heavy atom. The minimum absolute atomic E-state index is 0.139. The van der Waals surface area contributed by atoms with Crippen molar-refractivity contribution >= 4 is 21.6 Å². The molecule has 0 bridgehead atoms. The minimum Gasteiger partial charge on any atom is -0.372 e. The van der Waals surface area contributed by atoms with E-state index < -0.39 is 0 Å². The van der Waals surface area contributed by atoms with Gasteiger partial charge in [0.2, 0.25) is 0 Å². The van der Waals surface area contributed by atoms with Crippen LogP contribution in [-0.2, 0) is 5.33 Å². The van der Waals surface area contributed by atoms with Gasteiger partial charge in [-0.2, -0.15) is 0 Å². The first-order valence-electron chi connectivity index (χ1n) is 5.18. The molecule has 1 aromatic carbocycles. The Morgan fingerprint density at radius 2 is 2.13 bits per heavy atom. The van der Waals surface area contributed by atoms with E-state index in [-0.39, 0.29) is 5.82 Å². The highest BCUT2D eigenvalue weighted by Gasteiger charge is 2.14. The summed E-state index contributed by atoms with van der Waals surface area (Å²) in [6.45, 7) is 4.27. The summed E-state index contributed by atoms with van der Waals surface area (Å²) in [6.07, 6.45) is 1.05. The number of hydrogen-bond acceptors (Lipinski definition) is 1. The zero-order chi connectivity index (χ0) is 11.4. The normalized spacial score (nSPS) is 12.6. The topological polar surface area (TPSA) is 3.24 Å². The summed E-state index contributed by atoms with van der Waals surface area (Å²) >= 11 is 3.33. The van der Waals surface area contributed by atoms with E-state index >= 15 is 0 Å². The van der Waals surface area contributed by atoms with Crippen LogP contribution in [0.25, 0.3) is 0 Å². The molecular weight excluding hydrogens is 257 g/mol. The highest BCUT2D eigenvalue weighted by atomic mass is 79.9. The molecule has 15 heavy (non-hydrogen) atoms. The van der Waals surface area contributed by atoms with Gasteiger partial charge in [-0.15, -0.1) is 0 Å². The molecule has 1 atom stereocenters. The van der Waals surface area contributed by atoms with Crippen LogP contribution in [0, 0.1) is 5.82 Å². The standard InChI is InChI=1S/C12H17BrFN/c1-4-9(2)15(3)12-7-5-6-11(14)10(12)8-13/h5-7,9H,4,8H2,1-3H3. The summed E-state index contributed by atoms with van der Waals surface area (Å²) in [6, 6.07) is 5.65. The molecule has 0 saturated heterocycles. The quantitative estimate of drug-likeness (QED) is 0.751. The second-order valence-electron chi connectivity index (χ2n) is 3.74. The average Bonchev–Trinajstić information content (AvgIpc) is 2.26. The van der Waals surface area contributed by atoms with Crippen molar-refractivity contribution in [1.82, 2.24) is 0 Å². The second kappa shape index (κ2) is 5.50. The summed E-state index contributed by atoms with van der Waals surface area (Å²) in [5, 5.41) is 0.551. The second-order valence-corrected chi connectivity index (χ2v) is 4.30. The maximum Gasteiger partial charge on any atom is 0.129 e. The Hall–Kier alpha value is -0.570. The van der Waals surface area contributed by atoms with Gasteiger partial charge in [-0.05, 0) is 25.5 Å². The summed E-state index contributed by atoms with van der Waals surface area (Å²) in [5.41, 5.74) is 1.71. The van der Waals surface area contributed by atoms with Crippen LogP contribution < -0.4 is 4.90 Å². The molecule has 84 valence electrons. The predicted octanol–water partition coefficient (Wildman–Crippen LogP) is 3.96. The van der Waals surface area contributed by atoms with Gasteiger partial charge in [0, 0.05) is 29.7 Å². The molecule has 0 aliphatic carbocycles. The van der Waals surface area contributed by atoms with Gasteiger partial charge in [0.15, 0.2) is 0 Å². The maximum absolute atomic E-state index is 13.5. The highest BCUT2D eigenvalue weighted by molar-refractivity contribution is 9.08. The van der Waals surface area contributed by atoms with Crippen LogP contribution in [0.2, 0.25) is 0 Å². The Labute approximate surface area is 99.4 Å². The van der Waals surface area contributed by atoms with Crippen LogP contribution in [0.5, 0.6) is 0 Å². The molecule has 0 saturated carbocycles. The van der Waals surface area contributed by atoms with Crippen molar-refractivity contribution < 1.29 is 4.39 Å². The van der Waals surface area contributed by atoms with E-state index in [0.717, 1.165) is 17.7 Å². The fourth-order valence-electron chi connectivity index (χ4n) is 1.52. The third-order valence-electron chi connectivity index (χ3n) is 2.86. The molecule has 0 aromatic heterocycles. The monoisotopic (exact) mass is 273 g/mol. The zero-order valence-electron chi connectivity index (χ0n) is 9.43. The van der Waals surface area contributed by atoms with E-state index in [1.54, 1.807) is 6.07 Å². The summed E-state index contributed by atoms with van der Waals surface area (Å²) < 4.78 is 13.5. The molecule has 0 heterocycles. The number of nitrogens with zero attached hydrogens (tertiary/aromatic N) is 1. The van der Waals surface area contributed by atoms with Gasteiger partial charge in [-0.1, -0.05) is 28.9 Å². The first-order valence-corrected chi connectivity index (χ1v) is 6.30. The Bertz CT molecular complexity index is 327. The molecular formula is C12H17BrFN. The first-order chi connectivity index (χ1) is 7.11. The van der Waals surface area contributed by atoms with Gasteiger partial charge in [0.25, 0.3) is 0 Å². The van der Waals surface area contributed by atoms with Crippen LogP contribution in [0.1, 0.15) is 25.8 Å². The number of alkyl halides is 1. The van der Waals surface area contributed by atoms with Crippen LogP contribution in [0.15, 0.2) is 18.2 Å². The van der Waals surface area contributed by atoms with E-state index in [9.17, 15) is 4.39 Å². The summed E-state index contributed by atoms with van der Waals surface area (Å²) in [7, 11) is 2.01. The van der Waals surface area contributed by atoms with Gasteiger partial charge < -0.3 is 4.90 Å². The molecule has 0 amide bonds. The predicted molar refractivity (Wildman–Crippen MR) is 67.2 cm³/mol. The van der Waals surface area contributed by atoms with E-state index in [4.69, 9.17) is 0 Å². The first kappa shape index (κ1) is 12.5. The summed E-state index contributed by atoms with van der Waals surface area (Å²) in [5.74, 6) is -0.139. The largest absolute Gasteiger partial charge is 0.372 e. The Balaban J connectivity index is 3.07. The molecule has 0 fully saturated rings. The van der Waals surface area contributed by atoms with Crippen LogP contribution in [0.4, 0.5) is 10.1 Å². The third kappa shape index (κ3) is 2.71. The van der Waals surface area contributed by atoms with Gasteiger partial charge in [0.05, 0.1) is 0 Å². The van der Waals surface area contributed by atoms with Crippen molar-refractivity contribution in [2.75, 3.05) is 11.9 Å². The maximum atomic E-state index is 13.5. The van der Waals surface area contributed by atoms with Gasteiger partial charge in [-0.3, -0.25) is 0 Å². The lowest BCUT2D eigenvalue weighted by Crippen LogP contribution is -2.29. The molecule has 0 radical (unpaired) electrons. The molecule has 1 rings (SSSR count). The highest BCUT2D eigenvalue weighted by Crippen LogP contribution is 2.26.